The van der Waals surface area contributed by atoms with Crippen molar-refractivity contribution >= 4 is 11.6 Å². The lowest BCUT2D eigenvalue weighted by Crippen LogP contribution is -2.54. The highest BCUT2D eigenvalue weighted by Gasteiger charge is 2.42. The second kappa shape index (κ2) is 6.85. The minimum Gasteiger partial charge on any atom is -0.374 e. The number of nitrogens with one attached hydrogen (secondary N) is 1. The summed E-state index contributed by atoms with van der Waals surface area (Å²) < 4.78 is 19.9. The predicted molar refractivity (Wildman–Crippen MR) is 79.1 cm³/mol. The first kappa shape index (κ1) is 15.7. The molecular weight excluding hydrogens is 279 g/mol. The van der Waals surface area contributed by atoms with Crippen molar-refractivity contribution in [3.05, 3.63) is 34.6 Å². The molecule has 3 nitrogen and oxygen atoms in total. The number of benzene rings is 1. The van der Waals surface area contributed by atoms with Crippen LogP contribution in [0.25, 0.3) is 0 Å². The van der Waals surface area contributed by atoms with Crippen molar-refractivity contribution < 1.29 is 9.13 Å². The summed E-state index contributed by atoms with van der Waals surface area (Å²) >= 11 is 5.79. The van der Waals surface area contributed by atoms with E-state index in [0.717, 1.165) is 25.7 Å². The van der Waals surface area contributed by atoms with Crippen LogP contribution in [0.3, 0.4) is 0 Å². The SMILES string of the molecule is CCOC1(C(Cc2ccc(Cl)cc2F)NN)CCCC1. The van der Waals surface area contributed by atoms with Gasteiger partial charge in [0.25, 0.3) is 0 Å². The van der Waals surface area contributed by atoms with Crippen molar-refractivity contribution in [2.45, 2.75) is 50.7 Å². The molecule has 1 aliphatic carbocycles. The zero-order valence-corrected chi connectivity index (χ0v) is 12.5. The number of ether oxygens (including phenoxy) is 1. The number of nitrogens with two attached hydrogens (primary N) is 1. The second-order valence-electron chi connectivity index (χ2n) is 5.36. The van der Waals surface area contributed by atoms with E-state index in [1.54, 1.807) is 12.1 Å². The van der Waals surface area contributed by atoms with Crippen molar-refractivity contribution in [1.82, 2.24) is 5.43 Å². The Bertz CT molecular complexity index is 449. The molecule has 3 N–H and O–H groups in total. The van der Waals surface area contributed by atoms with Gasteiger partial charge in [-0.2, -0.15) is 0 Å². The second-order valence-corrected chi connectivity index (χ2v) is 5.80. The molecule has 1 aromatic carbocycles. The Kier molecular flexibility index (Phi) is 5.38. The quantitative estimate of drug-likeness (QED) is 0.626. The molecule has 0 heterocycles. The Balaban J connectivity index is 2.18. The normalized spacial score (nSPS) is 19.2. The molecule has 1 atom stereocenters. The van der Waals surface area contributed by atoms with Crippen LogP contribution in [0.15, 0.2) is 18.2 Å². The minimum absolute atomic E-state index is 0.0966. The first-order chi connectivity index (χ1) is 9.61. The third-order valence-corrected chi connectivity index (χ3v) is 4.39. The summed E-state index contributed by atoms with van der Waals surface area (Å²) in [5.74, 6) is 5.43. The van der Waals surface area contributed by atoms with Crippen molar-refractivity contribution in [2.24, 2.45) is 5.84 Å². The standard InChI is InChI=1S/C15H22ClFN2O/c1-2-20-15(7-3-4-8-15)14(19-18)9-11-5-6-12(16)10-13(11)17/h5-6,10,14,19H,2-4,7-9,18H2,1H3. The van der Waals surface area contributed by atoms with E-state index >= 15 is 0 Å². The van der Waals surface area contributed by atoms with Gasteiger partial charge < -0.3 is 4.74 Å². The molecule has 2 rings (SSSR count). The lowest BCUT2D eigenvalue weighted by atomic mass is 9.87. The number of hydrogen-bond acceptors (Lipinski definition) is 3. The van der Waals surface area contributed by atoms with Crippen LogP contribution in [0.5, 0.6) is 0 Å². The monoisotopic (exact) mass is 300 g/mol. The largest absolute Gasteiger partial charge is 0.374 e. The number of hydrazine groups is 1. The van der Waals surface area contributed by atoms with Crippen LogP contribution in [0.1, 0.15) is 38.2 Å². The van der Waals surface area contributed by atoms with Crippen LogP contribution >= 0.6 is 11.6 Å². The Morgan fingerprint density at radius 1 is 1.45 bits per heavy atom. The highest BCUT2D eigenvalue weighted by Crippen LogP contribution is 2.37. The molecule has 1 aliphatic rings. The molecule has 0 bridgehead atoms. The summed E-state index contributed by atoms with van der Waals surface area (Å²) in [4.78, 5) is 0. The Morgan fingerprint density at radius 2 is 2.15 bits per heavy atom. The fraction of sp³-hybridized carbons (Fsp3) is 0.600. The maximum absolute atomic E-state index is 14.0. The highest BCUT2D eigenvalue weighted by atomic mass is 35.5. The summed E-state index contributed by atoms with van der Waals surface area (Å²) in [6.07, 6.45) is 4.68. The van der Waals surface area contributed by atoms with Gasteiger partial charge in [-0.15, -0.1) is 0 Å². The molecule has 1 saturated carbocycles. The van der Waals surface area contributed by atoms with Gasteiger partial charge in [0.05, 0.1) is 11.6 Å². The van der Waals surface area contributed by atoms with E-state index in [4.69, 9.17) is 22.2 Å². The Labute approximate surface area is 124 Å². The van der Waals surface area contributed by atoms with E-state index < -0.39 is 0 Å². The van der Waals surface area contributed by atoms with Crippen molar-refractivity contribution in [3.63, 3.8) is 0 Å². The molecule has 20 heavy (non-hydrogen) atoms. The zero-order chi connectivity index (χ0) is 14.6. The molecule has 1 aromatic rings. The maximum atomic E-state index is 14.0. The van der Waals surface area contributed by atoms with E-state index in [0.29, 0.717) is 23.6 Å². The van der Waals surface area contributed by atoms with Gasteiger partial charge in [0.2, 0.25) is 0 Å². The van der Waals surface area contributed by atoms with Crippen LogP contribution in [0.4, 0.5) is 4.39 Å². The highest BCUT2D eigenvalue weighted by molar-refractivity contribution is 6.30. The van der Waals surface area contributed by atoms with Gasteiger partial charge in [-0.05, 0) is 43.9 Å². The van der Waals surface area contributed by atoms with Crippen LogP contribution in [-0.4, -0.2) is 18.2 Å². The van der Waals surface area contributed by atoms with Crippen LogP contribution in [-0.2, 0) is 11.2 Å². The molecule has 1 unspecified atom stereocenters. The van der Waals surface area contributed by atoms with Gasteiger partial charge in [0.1, 0.15) is 5.82 Å². The van der Waals surface area contributed by atoms with Gasteiger partial charge in [-0.1, -0.05) is 30.5 Å². The van der Waals surface area contributed by atoms with E-state index in [2.05, 4.69) is 5.43 Å². The Morgan fingerprint density at radius 3 is 2.70 bits per heavy atom. The molecular formula is C15H22ClFN2O. The van der Waals surface area contributed by atoms with Crippen LogP contribution in [0.2, 0.25) is 5.02 Å². The molecule has 1 fully saturated rings. The average Bonchev–Trinajstić information content (AvgIpc) is 2.88. The van der Waals surface area contributed by atoms with Crippen LogP contribution in [0, 0.1) is 5.82 Å². The van der Waals surface area contributed by atoms with Gasteiger partial charge in [-0.3, -0.25) is 11.3 Å². The molecule has 0 saturated heterocycles. The van der Waals surface area contributed by atoms with Crippen molar-refractivity contribution in [1.29, 1.82) is 0 Å². The van der Waals surface area contributed by atoms with E-state index in [9.17, 15) is 4.39 Å². The summed E-state index contributed by atoms with van der Waals surface area (Å²) in [5.41, 5.74) is 3.17. The van der Waals surface area contributed by atoms with Crippen molar-refractivity contribution in [2.75, 3.05) is 6.61 Å². The van der Waals surface area contributed by atoms with Crippen molar-refractivity contribution in [3.8, 4) is 0 Å². The maximum Gasteiger partial charge on any atom is 0.127 e. The molecule has 0 radical (unpaired) electrons. The molecule has 0 amide bonds. The fourth-order valence-corrected chi connectivity index (χ4v) is 3.32. The summed E-state index contributed by atoms with van der Waals surface area (Å²) in [6.45, 7) is 2.62. The third-order valence-electron chi connectivity index (χ3n) is 4.16. The summed E-state index contributed by atoms with van der Waals surface area (Å²) in [6, 6.07) is 4.67. The molecule has 0 aromatic heterocycles. The lowest BCUT2D eigenvalue weighted by Gasteiger charge is -2.37. The minimum atomic E-state index is -0.289. The topological polar surface area (TPSA) is 47.3 Å². The predicted octanol–water partition coefficient (Wildman–Crippen LogP) is 3.20. The molecule has 5 heteroatoms. The first-order valence-corrected chi connectivity index (χ1v) is 7.53. The van der Waals surface area contributed by atoms with Gasteiger partial charge >= 0.3 is 0 Å². The van der Waals surface area contributed by atoms with Gasteiger partial charge in [-0.25, -0.2) is 4.39 Å². The zero-order valence-electron chi connectivity index (χ0n) is 11.8. The number of hydrogen-bond donors (Lipinski definition) is 2. The lowest BCUT2D eigenvalue weighted by molar-refractivity contribution is -0.0614. The third kappa shape index (κ3) is 3.31. The number of rotatable bonds is 6. The molecule has 112 valence electrons. The van der Waals surface area contributed by atoms with E-state index in [-0.39, 0.29) is 17.5 Å². The first-order valence-electron chi connectivity index (χ1n) is 7.15. The molecule has 0 spiro atoms. The Hall–Kier alpha value is -0.680. The van der Waals surface area contributed by atoms with E-state index in [1.165, 1.54) is 6.07 Å². The van der Waals surface area contributed by atoms with Gasteiger partial charge in [0.15, 0.2) is 0 Å². The summed E-state index contributed by atoms with van der Waals surface area (Å²) in [5, 5.41) is 0.406. The number of halogens is 2. The smallest absolute Gasteiger partial charge is 0.127 e. The van der Waals surface area contributed by atoms with Gasteiger partial charge in [0, 0.05) is 11.6 Å². The molecule has 0 aliphatic heterocycles. The summed E-state index contributed by atoms with van der Waals surface area (Å²) in [7, 11) is 0. The average molecular weight is 301 g/mol. The van der Waals surface area contributed by atoms with E-state index in [1.807, 2.05) is 6.92 Å². The fourth-order valence-electron chi connectivity index (χ4n) is 3.16. The van der Waals surface area contributed by atoms with Crippen LogP contribution < -0.4 is 11.3 Å².